The van der Waals surface area contributed by atoms with Crippen molar-refractivity contribution in [3.63, 3.8) is 0 Å². The molecule has 108 valence electrons. The number of aromatic nitrogens is 2. The van der Waals surface area contributed by atoms with Gasteiger partial charge in [-0.3, -0.25) is 0 Å². The Morgan fingerprint density at radius 2 is 2.20 bits per heavy atom. The molecule has 0 spiro atoms. The average Bonchev–Trinajstić information content (AvgIpc) is 2.94. The van der Waals surface area contributed by atoms with Crippen LogP contribution in [0, 0.1) is 11.8 Å². The Balaban J connectivity index is 2.00. The van der Waals surface area contributed by atoms with Crippen molar-refractivity contribution >= 4 is 34.2 Å². The molecule has 0 saturated heterocycles. The highest BCUT2D eigenvalue weighted by Crippen LogP contribution is 2.34. The minimum absolute atomic E-state index is 0.0833. The fourth-order valence-electron chi connectivity index (χ4n) is 3.37. The van der Waals surface area contributed by atoms with E-state index in [4.69, 9.17) is 23.2 Å². The summed E-state index contributed by atoms with van der Waals surface area (Å²) in [6, 6.07) is 5.92. The lowest BCUT2D eigenvalue weighted by molar-refractivity contribution is 0.438. The molecule has 3 rings (SSSR count). The Morgan fingerprint density at radius 1 is 1.40 bits per heavy atom. The molecule has 1 saturated carbocycles. The van der Waals surface area contributed by atoms with Crippen molar-refractivity contribution in [2.75, 3.05) is 0 Å². The van der Waals surface area contributed by atoms with Crippen LogP contribution in [0.5, 0.6) is 0 Å². The van der Waals surface area contributed by atoms with Crippen LogP contribution >= 0.6 is 23.2 Å². The van der Waals surface area contributed by atoms with E-state index in [-0.39, 0.29) is 5.38 Å². The highest BCUT2D eigenvalue weighted by atomic mass is 35.5. The van der Waals surface area contributed by atoms with E-state index in [1.165, 1.54) is 19.3 Å². The van der Waals surface area contributed by atoms with Crippen LogP contribution in [0.25, 0.3) is 11.0 Å². The van der Waals surface area contributed by atoms with Crippen LogP contribution in [0.4, 0.5) is 0 Å². The molecule has 1 aliphatic carbocycles. The van der Waals surface area contributed by atoms with Gasteiger partial charge in [0.2, 0.25) is 0 Å². The predicted octanol–water partition coefficient (Wildman–Crippen LogP) is 5.43. The van der Waals surface area contributed by atoms with Crippen molar-refractivity contribution in [3.8, 4) is 0 Å². The van der Waals surface area contributed by atoms with Crippen molar-refractivity contribution in [1.29, 1.82) is 0 Å². The predicted molar refractivity (Wildman–Crippen MR) is 85.5 cm³/mol. The molecule has 1 aromatic heterocycles. The zero-order valence-electron chi connectivity index (χ0n) is 11.9. The molecule has 0 bridgehead atoms. The van der Waals surface area contributed by atoms with Crippen molar-refractivity contribution < 1.29 is 0 Å². The Morgan fingerprint density at radius 3 is 2.85 bits per heavy atom. The first-order valence-electron chi connectivity index (χ1n) is 7.34. The van der Waals surface area contributed by atoms with Gasteiger partial charge in [0.1, 0.15) is 5.82 Å². The third-order valence-electron chi connectivity index (χ3n) is 4.34. The summed E-state index contributed by atoms with van der Waals surface area (Å²) in [4.78, 5) is 4.68. The maximum absolute atomic E-state index is 6.32. The van der Waals surface area contributed by atoms with Crippen LogP contribution in [-0.4, -0.2) is 9.55 Å². The Labute approximate surface area is 130 Å². The molecular formula is C16H20Cl2N2. The topological polar surface area (TPSA) is 17.8 Å². The summed E-state index contributed by atoms with van der Waals surface area (Å²) < 4.78 is 2.30. The average molecular weight is 311 g/mol. The quantitative estimate of drug-likeness (QED) is 0.691. The first-order chi connectivity index (χ1) is 9.54. The van der Waals surface area contributed by atoms with Crippen LogP contribution < -0.4 is 0 Å². The van der Waals surface area contributed by atoms with Gasteiger partial charge in [-0.2, -0.15) is 0 Å². The highest BCUT2D eigenvalue weighted by molar-refractivity contribution is 6.31. The first-order valence-corrected chi connectivity index (χ1v) is 8.15. The zero-order chi connectivity index (χ0) is 14.3. The van der Waals surface area contributed by atoms with Gasteiger partial charge in [0.25, 0.3) is 0 Å². The number of rotatable bonds is 3. The highest BCUT2D eigenvalue weighted by Gasteiger charge is 2.24. The van der Waals surface area contributed by atoms with E-state index in [0.29, 0.717) is 0 Å². The van der Waals surface area contributed by atoms with Gasteiger partial charge in [0.05, 0.1) is 16.4 Å². The van der Waals surface area contributed by atoms with E-state index in [2.05, 4.69) is 22.5 Å². The molecule has 3 unspecified atom stereocenters. The van der Waals surface area contributed by atoms with E-state index < -0.39 is 0 Å². The molecule has 1 heterocycles. The number of hydrogen-bond acceptors (Lipinski definition) is 1. The van der Waals surface area contributed by atoms with Gasteiger partial charge in [-0.1, -0.05) is 24.9 Å². The Bertz CT molecular complexity index is 618. The third-order valence-corrected chi connectivity index (χ3v) is 4.77. The molecule has 0 amide bonds. The first kappa shape index (κ1) is 14.2. The molecule has 1 aliphatic rings. The molecule has 20 heavy (non-hydrogen) atoms. The molecule has 0 N–H and O–H groups in total. The fourth-order valence-corrected chi connectivity index (χ4v) is 3.70. The Kier molecular flexibility index (Phi) is 3.96. The lowest BCUT2D eigenvalue weighted by Gasteiger charge is -2.15. The van der Waals surface area contributed by atoms with Crippen molar-refractivity contribution in [2.24, 2.45) is 11.8 Å². The largest absolute Gasteiger partial charge is 0.326 e. The maximum atomic E-state index is 6.32. The smallest absolute Gasteiger partial charge is 0.127 e. The summed E-state index contributed by atoms with van der Waals surface area (Å²) in [5.74, 6) is 2.55. The molecule has 3 atom stereocenters. The lowest BCUT2D eigenvalue weighted by Crippen LogP contribution is -2.11. The summed E-state index contributed by atoms with van der Waals surface area (Å²) in [6.45, 7) is 5.35. The number of nitrogens with zero attached hydrogens (tertiary/aromatic N) is 2. The SMILES string of the molecule is CC1CCC(Cn2c(C(C)Cl)nc3cc(Cl)ccc32)C1. The maximum Gasteiger partial charge on any atom is 0.127 e. The van der Waals surface area contributed by atoms with Gasteiger partial charge in [0, 0.05) is 11.6 Å². The third kappa shape index (κ3) is 2.68. The normalized spacial score (nSPS) is 24.4. The van der Waals surface area contributed by atoms with E-state index in [0.717, 1.165) is 40.3 Å². The summed E-state index contributed by atoms with van der Waals surface area (Å²) >= 11 is 12.4. The molecule has 1 fully saturated rings. The van der Waals surface area contributed by atoms with Crippen LogP contribution in [0.1, 0.15) is 44.3 Å². The van der Waals surface area contributed by atoms with Gasteiger partial charge in [-0.25, -0.2) is 4.98 Å². The number of hydrogen-bond donors (Lipinski definition) is 0. The molecule has 2 aromatic rings. The van der Waals surface area contributed by atoms with Crippen LogP contribution in [0.2, 0.25) is 5.02 Å². The summed E-state index contributed by atoms with van der Waals surface area (Å²) in [5.41, 5.74) is 2.10. The van der Waals surface area contributed by atoms with Gasteiger partial charge >= 0.3 is 0 Å². The standard InChI is InChI=1S/C16H20Cl2N2/c1-10-3-4-12(7-10)9-20-15-6-5-13(18)8-14(15)19-16(20)11(2)17/h5-6,8,10-12H,3-4,7,9H2,1-2H3. The van der Waals surface area contributed by atoms with Gasteiger partial charge in [-0.05, 0) is 49.8 Å². The van der Waals surface area contributed by atoms with E-state index in [1.54, 1.807) is 0 Å². The number of halogens is 2. The Hall–Kier alpha value is -0.730. The minimum atomic E-state index is -0.0833. The van der Waals surface area contributed by atoms with Crippen LogP contribution in [0.15, 0.2) is 18.2 Å². The van der Waals surface area contributed by atoms with Crippen LogP contribution in [-0.2, 0) is 6.54 Å². The summed E-state index contributed by atoms with van der Waals surface area (Å²) in [7, 11) is 0. The monoisotopic (exact) mass is 310 g/mol. The zero-order valence-corrected chi connectivity index (χ0v) is 13.5. The molecule has 0 aliphatic heterocycles. The molecular weight excluding hydrogens is 291 g/mol. The summed E-state index contributed by atoms with van der Waals surface area (Å²) in [6.07, 6.45) is 3.96. The minimum Gasteiger partial charge on any atom is -0.326 e. The van der Waals surface area contributed by atoms with Gasteiger partial charge in [-0.15, -0.1) is 11.6 Å². The second kappa shape index (κ2) is 5.57. The van der Waals surface area contributed by atoms with E-state index >= 15 is 0 Å². The number of imidazole rings is 1. The lowest BCUT2D eigenvalue weighted by atomic mass is 10.1. The van der Waals surface area contributed by atoms with E-state index in [1.807, 2.05) is 19.1 Å². The van der Waals surface area contributed by atoms with Crippen molar-refractivity contribution in [1.82, 2.24) is 9.55 Å². The fraction of sp³-hybridized carbons (Fsp3) is 0.562. The van der Waals surface area contributed by atoms with Crippen LogP contribution in [0.3, 0.4) is 0 Å². The van der Waals surface area contributed by atoms with Gasteiger partial charge in [0.15, 0.2) is 0 Å². The van der Waals surface area contributed by atoms with Crippen molar-refractivity contribution in [2.45, 2.75) is 45.0 Å². The number of benzene rings is 1. The molecule has 2 nitrogen and oxygen atoms in total. The second-order valence-electron chi connectivity index (χ2n) is 6.11. The van der Waals surface area contributed by atoms with E-state index in [9.17, 15) is 0 Å². The molecule has 0 radical (unpaired) electrons. The number of alkyl halides is 1. The van der Waals surface area contributed by atoms with Gasteiger partial charge < -0.3 is 4.57 Å². The molecule has 4 heteroatoms. The number of fused-ring (bicyclic) bond motifs is 1. The summed E-state index contributed by atoms with van der Waals surface area (Å²) in [5, 5.41) is 0.644. The van der Waals surface area contributed by atoms with Crippen molar-refractivity contribution in [3.05, 3.63) is 29.0 Å². The second-order valence-corrected chi connectivity index (χ2v) is 7.20. The molecule has 1 aromatic carbocycles.